The molecule has 1 aliphatic rings. The van der Waals surface area contributed by atoms with Gasteiger partial charge in [-0.25, -0.2) is 4.79 Å². The van der Waals surface area contributed by atoms with Gasteiger partial charge in [-0.05, 0) is 16.7 Å². The third-order valence-electron chi connectivity index (χ3n) is 7.12. The first-order valence-electron chi connectivity index (χ1n) is 12.7. The zero-order chi connectivity index (χ0) is 28.3. The molecule has 10 nitrogen and oxygen atoms in total. The minimum Gasteiger partial charge on any atom is -0.387 e. The van der Waals surface area contributed by atoms with Crippen molar-refractivity contribution < 1.29 is 29.2 Å². The molecular weight excluding hydrogens is 516 g/mol. The molecule has 1 saturated heterocycles. The Morgan fingerprint density at radius 1 is 0.750 bits per heavy atom. The van der Waals surface area contributed by atoms with Gasteiger partial charge in [-0.15, -0.1) is 0 Å². The molecule has 0 amide bonds. The maximum Gasteiger partial charge on any atom is 0.330 e. The van der Waals surface area contributed by atoms with Crippen LogP contribution in [0, 0.1) is 0 Å². The first kappa shape index (κ1) is 27.7. The van der Waals surface area contributed by atoms with Crippen LogP contribution in [0.3, 0.4) is 0 Å². The molecule has 0 saturated carbocycles. The molecule has 5 rings (SSSR count). The number of nitrogens with one attached hydrogen (secondary N) is 1. The Labute approximate surface area is 230 Å². The standard InChI is InChI=1S/C30H30N2O8/c1-37-30(38-2,26-24(34)25(35)27(39-26)32-19-18-23(33)31-28(32)36)40-29(20-12-6-3-7-13-20,21-14-8-4-9-15-21)22-16-10-5-11-17-22/h3-19,24-27,34-35H,1-2H3,(H,31,33,36)/t24-,25+,26-,27+/m0/s1. The maximum atomic E-state index is 12.5. The van der Waals surface area contributed by atoms with Crippen molar-refractivity contribution in [3.8, 4) is 0 Å². The molecule has 3 N–H and O–H groups in total. The van der Waals surface area contributed by atoms with Crippen LogP contribution in [0.15, 0.2) is 113 Å². The van der Waals surface area contributed by atoms with Crippen molar-refractivity contribution in [1.29, 1.82) is 0 Å². The van der Waals surface area contributed by atoms with E-state index in [0.717, 1.165) is 27.3 Å². The fourth-order valence-corrected chi connectivity index (χ4v) is 5.18. The van der Waals surface area contributed by atoms with Gasteiger partial charge in [-0.1, -0.05) is 91.0 Å². The Kier molecular flexibility index (Phi) is 7.81. The average Bonchev–Trinajstić information content (AvgIpc) is 3.29. The van der Waals surface area contributed by atoms with E-state index in [0.29, 0.717) is 0 Å². The topological polar surface area (TPSA) is 132 Å². The van der Waals surface area contributed by atoms with E-state index in [1.807, 2.05) is 91.0 Å². The first-order valence-corrected chi connectivity index (χ1v) is 12.7. The van der Waals surface area contributed by atoms with Gasteiger partial charge in [0.15, 0.2) is 12.3 Å². The van der Waals surface area contributed by atoms with Gasteiger partial charge in [0.1, 0.15) is 17.8 Å². The molecule has 0 bridgehead atoms. The van der Waals surface area contributed by atoms with E-state index in [9.17, 15) is 19.8 Å². The summed E-state index contributed by atoms with van der Waals surface area (Å²) in [6.45, 7) is 0. The predicted molar refractivity (Wildman–Crippen MR) is 144 cm³/mol. The second-order valence-electron chi connectivity index (χ2n) is 9.34. The molecule has 10 heteroatoms. The van der Waals surface area contributed by atoms with Gasteiger partial charge >= 0.3 is 11.7 Å². The summed E-state index contributed by atoms with van der Waals surface area (Å²) >= 11 is 0. The quantitative estimate of drug-likeness (QED) is 0.215. The van der Waals surface area contributed by atoms with Crippen LogP contribution in [0.2, 0.25) is 0 Å². The molecular formula is C30H30N2O8. The number of H-pyrrole nitrogens is 1. The Morgan fingerprint density at radius 3 is 1.65 bits per heavy atom. The molecule has 3 aromatic carbocycles. The Hall–Kier alpha value is -3.90. The number of hydrogen-bond acceptors (Lipinski definition) is 8. The van der Waals surface area contributed by atoms with Gasteiger partial charge in [0, 0.05) is 26.5 Å². The average molecular weight is 547 g/mol. The molecule has 1 aliphatic heterocycles. The van der Waals surface area contributed by atoms with Crippen molar-refractivity contribution in [2.24, 2.45) is 0 Å². The predicted octanol–water partition coefficient (Wildman–Crippen LogP) is 2.11. The lowest BCUT2D eigenvalue weighted by atomic mass is 9.80. The highest BCUT2D eigenvalue weighted by molar-refractivity contribution is 5.47. The number of methoxy groups -OCH3 is 2. The summed E-state index contributed by atoms with van der Waals surface area (Å²) in [5.41, 5.74) is -0.600. The molecule has 0 aliphatic carbocycles. The summed E-state index contributed by atoms with van der Waals surface area (Å²) in [4.78, 5) is 26.2. The van der Waals surface area contributed by atoms with E-state index in [1.54, 1.807) is 0 Å². The van der Waals surface area contributed by atoms with Crippen molar-refractivity contribution >= 4 is 0 Å². The lowest BCUT2D eigenvalue weighted by molar-refractivity contribution is -0.428. The molecule has 1 fully saturated rings. The van der Waals surface area contributed by atoms with Crippen molar-refractivity contribution in [2.75, 3.05) is 14.2 Å². The van der Waals surface area contributed by atoms with E-state index < -0.39 is 47.4 Å². The SMILES string of the molecule is COC(OC)(OC(c1ccccc1)(c1ccccc1)c1ccccc1)[C@H]1O[C@@H](n2ccc(=O)[nH]c2=O)[C@H](O)[C@@H]1O. The number of rotatable bonds is 9. The number of ether oxygens (including phenoxy) is 4. The van der Waals surface area contributed by atoms with Crippen molar-refractivity contribution in [3.05, 3.63) is 141 Å². The van der Waals surface area contributed by atoms with Crippen LogP contribution in [-0.2, 0) is 24.5 Å². The highest BCUT2D eigenvalue weighted by atomic mass is 16.9. The fraction of sp³-hybridized carbons (Fsp3) is 0.267. The number of aromatic nitrogens is 2. The number of aliphatic hydroxyl groups is 2. The van der Waals surface area contributed by atoms with Gasteiger partial charge in [-0.3, -0.25) is 14.3 Å². The van der Waals surface area contributed by atoms with E-state index in [-0.39, 0.29) is 0 Å². The maximum absolute atomic E-state index is 12.5. The summed E-state index contributed by atoms with van der Waals surface area (Å²) < 4.78 is 25.7. The van der Waals surface area contributed by atoms with Gasteiger partial charge in [0.05, 0.1) is 0 Å². The second kappa shape index (κ2) is 11.3. The van der Waals surface area contributed by atoms with Gasteiger partial charge in [-0.2, -0.15) is 0 Å². The van der Waals surface area contributed by atoms with Crippen LogP contribution in [0.5, 0.6) is 0 Å². The molecule has 4 aromatic rings. The van der Waals surface area contributed by atoms with E-state index in [2.05, 4.69) is 4.98 Å². The minimum absolute atomic E-state index is 0.615. The van der Waals surface area contributed by atoms with Crippen LogP contribution >= 0.6 is 0 Å². The summed E-state index contributed by atoms with van der Waals surface area (Å²) in [6.07, 6.45) is -4.87. The summed E-state index contributed by atoms with van der Waals surface area (Å²) in [6, 6.07) is 29.5. The lowest BCUT2D eigenvalue weighted by Crippen LogP contribution is -2.58. The number of nitrogens with zero attached hydrogens (tertiary/aromatic N) is 1. The van der Waals surface area contributed by atoms with Crippen molar-refractivity contribution in [3.63, 3.8) is 0 Å². The van der Waals surface area contributed by atoms with Crippen LogP contribution in [0.1, 0.15) is 22.9 Å². The van der Waals surface area contributed by atoms with Crippen molar-refractivity contribution in [1.82, 2.24) is 9.55 Å². The Bertz CT molecular complexity index is 1420. The number of benzene rings is 3. The molecule has 0 unspecified atom stereocenters. The highest BCUT2D eigenvalue weighted by Gasteiger charge is 2.60. The third-order valence-corrected chi connectivity index (χ3v) is 7.12. The summed E-state index contributed by atoms with van der Waals surface area (Å²) in [5.74, 6) is -2.11. The van der Waals surface area contributed by atoms with E-state index in [1.165, 1.54) is 20.4 Å². The Balaban J connectivity index is 1.68. The highest BCUT2D eigenvalue weighted by Crippen LogP contribution is 2.47. The number of aliphatic hydroxyl groups excluding tert-OH is 2. The van der Waals surface area contributed by atoms with Gasteiger partial charge < -0.3 is 29.2 Å². The first-order chi connectivity index (χ1) is 19.4. The normalized spacial score (nSPS) is 21.4. The second-order valence-corrected chi connectivity index (χ2v) is 9.34. The van der Waals surface area contributed by atoms with Crippen LogP contribution in [-0.4, -0.2) is 58.3 Å². The largest absolute Gasteiger partial charge is 0.387 e. The van der Waals surface area contributed by atoms with E-state index >= 15 is 0 Å². The van der Waals surface area contributed by atoms with E-state index in [4.69, 9.17) is 18.9 Å². The molecule has 40 heavy (non-hydrogen) atoms. The molecule has 4 atom stereocenters. The van der Waals surface area contributed by atoms with Crippen LogP contribution < -0.4 is 11.2 Å². The third kappa shape index (κ3) is 4.71. The Morgan fingerprint density at radius 2 is 1.23 bits per heavy atom. The number of aromatic amines is 1. The summed E-state index contributed by atoms with van der Waals surface area (Å²) in [5, 5.41) is 22.2. The minimum atomic E-state index is -2.11. The zero-order valence-corrected chi connectivity index (χ0v) is 21.9. The van der Waals surface area contributed by atoms with Gasteiger partial charge in [0.25, 0.3) is 5.56 Å². The van der Waals surface area contributed by atoms with Crippen molar-refractivity contribution in [2.45, 2.75) is 36.1 Å². The molecule has 0 radical (unpaired) electrons. The molecule has 0 spiro atoms. The molecule has 208 valence electrons. The summed E-state index contributed by atoms with van der Waals surface area (Å²) in [7, 11) is 2.66. The molecule has 2 heterocycles. The van der Waals surface area contributed by atoms with Crippen LogP contribution in [0.4, 0.5) is 0 Å². The number of hydrogen-bond donors (Lipinski definition) is 3. The monoisotopic (exact) mass is 546 g/mol. The fourth-order valence-electron chi connectivity index (χ4n) is 5.18. The zero-order valence-electron chi connectivity index (χ0n) is 21.9. The molecule has 1 aromatic heterocycles. The lowest BCUT2D eigenvalue weighted by Gasteiger charge is -2.45. The smallest absolute Gasteiger partial charge is 0.330 e. The van der Waals surface area contributed by atoms with Gasteiger partial charge in [0.2, 0.25) is 0 Å². The van der Waals surface area contributed by atoms with Crippen LogP contribution in [0.25, 0.3) is 0 Å².